The summed E-state index contributed by atoms with van der Waals surface area (Å²) in [5.74, 6) is 7.63. The molecule has 2 N–H and O–H groups in total. The van der Waals surface area contributed by atoms with E-state index >= 15 is 0 Å². The predicted octanol–water partition coefficient (Wildman–Crippen LogP) is 6.26. The summed E-state index contributed by atoms with van der Waals surface area (Å²) in [7, 11) is 0. The van der Waals surface area contributed by atoms with Crippen molar-refractivity contribution >= 4 is 17.7 Å². The van der Waals surface area contributed by atoms with Gasteiger partial charge in [-0.15, -0.1) is 5.92 Å². The molecule has 0 aliphatic heterocycles. The second kappa shape index (κ2) is 11.5. The number of anilines is 1. The van der Waals surface area contributed by atoms with E-state index < -0.39 is 0 Å². The van der Waals surface area contributed by atoms with Crippen molar-refractivity contribution in [1.82, 2.24) is 0 Å². The highest BCUT2D eigenvalue weighted by molar-refractivity contribution is 5.87. The number of rotatable bonds is 10. The van der Waals surface area contributed by atoms with Crippen LogP contribution in [0.3, 0.4) is 0 Å². The third kappa shape index (κ3) is 6.47. The van der Waals surface area contributed by atoms with E-state index in [1.165, 1.54) is 31.9 Å². The van der Waals surface area contributed by atoms with Gasteiger partial charge in [0.2, 0.25) is 0 Å². The van der Waals surface area contributed by atoms with Crippen LogP contribution < -0.4 is 10.1 Å². The van der Waals surface area contributed by atoms with Gasteiger partial charge in [-0.2, -0.15) is 0 Å². The summed E-state index contributed by atoms with van der Waals surface area (Å²) < 4.78 is 6.00. The molecule has 2 aromatic carbocycles. The van der Waals surface area contributed by atoms with Gasteiger partial charge >= 0.3 is 0 Å². The van der Waals surface area contributed by atoms with Gasteiger partial charge in [-0.3, -0.25) is 4.79 Å². The highest BCUT2D eigenvalue weighted by atomic mass is 16.5. The topological polar surface area (TPSA) is 62.2 Å². The maximum Gasteiger partial charge on any atom is 0.131 e. The van der Waals surface area contributed by atoms with Gasteiger partial charge in [0.25, 0.3) is 0 Å². The first kappa shape index (κ1) is 23.6. The Hall–Kier alpha value is -3.06. The summed E-state index contributed by atoms with van der Waals surface area (Å²) >= 11 is 0. The second-order valence-electron chi connectivity index (χ2n) is 8.76. The zero-order chi connectivity index (χ0) is 22.9. The molecule has 168 valence electrons. The molecule has 3 rings (SSSR count). The van der Waals surface area contributed by atoms with Crippen molar-refractivity contribution < 1.29 is 9.53 Å². The molecular weight excluding hydrogens is 396 g/mol. The monoisotopic (exact) mass is 430 g/mol. The van der Waals surface area contributed by atoms with Gasteiger partial charge in [-0.05, 0) is 74.4 Å². The Bertz CT molecular complexity index is 993. The highest BCUT2D eigenvalue weighted by Gasteiger charge is 2.16. The third-order valence-corrected chi connectivity index (χ3v) is 6.12. The normalized spacial score (nSPS) is 14.3. The molecule has 1 atom stereocenters. The zero-order valence-corrected chi connectivity index (χ0v) is 19.5. The summed E-state index contributed by atoms with van der Waals surface area (Å²) in [6.07, 6.45) is 7.13. The van der Waals surface area contributed by atoms with Gasteiger partial charge in [-0.25, -0.2) is 0 Å². The Kier molecular flexibility index (Phi) is 8.50. The highest BCUT2D eigenvalue weighted by Crippen LogP contribution is 2.28. The minimum atomic E-state index is -0.0753. The van der Waals surface area contributed by atoms with Crippen LogP contribution >= 0.6 is 0 Å². The van der Waals surface area contributed by atoms with Gasteiger partial charge < -0.3 is 15.5 Å². The van der Waals surface area contributed by atoms with Gasteiger partial charge in [0.15, 0.2) is 0 Å². The Morgan fingerprint density at radius 3 is 2.59 bits per heavy atom. The van der Waals surface area contributed by atoms with E-state index in [1.54, 1.807) is 13.8 Å². The van der Waals surface area contributed by atoms with Crippen molar-refractivity contribution in [3.05, 3.63) is 58.7 Å². The van der Waals surface area contributed by atoms with Crippen molar-refractivity contribution in [1.29, 1.82) is 5.41 Å². The fourth-order valence-corrected chi connectivity index (χ4v) is 4.47. The van der Waals surface area contributed by atoms with Crippen molar-refractivity contribution in [3.8, 4) is 17.6 Å². The molecule has 1 fully saturated rings. The van der Waals surface area contributed by atoms with E-state index in [0.717, 1.165) is 46.2 Å². The fraction of sp³-hybridized carbons (Fsp3) is 0.429. The summed E-state index contributed by atoms with van der Waals surface area (Å²) in [4.78, 5) is 11.5. The van der Waals surface area contributed by atoms with Crippen LogP contribution in [0.15, 0.2) is 36.4 Å². The van der Waals surface area contributed by atoms with Crippen LogP contribution in [0.5, 0.6) is 5.75 Å². The Balaban J connectivity index is 1.64. The lowest BCUT2D eigenvalue weighted by molar-refractivity contribution is -0.117. The predicted molar refractivity (Wildman–Crippen MR) is 132 cm³/mol. The van der Waals surface area contributed by atoms with Crippen molar-refractivity contribution in [2.45, 2.75) is 65.4 Å². The summed E-state index contributed by atoms with van der Waals surface area (Å²) in [6.45, 7) is 6.91. The van der Waals surface area contributed by atoms with Crippen LogP contribution in [0.2, 0.25) is 0 Å². The first-order valence-electron chi connectivity index (χ1n) is 11.5. The number of benzene rings is 2. The number of ether oxygens (including phenoxy) is 1. The number of nitrogens with one attached hydrogen (secondary N) is 2. The SMILES string of the molecule is CC#CC(CC(C)=O)c1ccc(OCc2cc(C)c(NCC3CCCC3)c(C=N)c2)cc1. The molecule has 0 bridgehead atoms. The molecule has 0 spiro atoms. The molecule has 4 heteroatoms. The van der Waals surface area contributed by atoms with E-state index in [4.69, 9.17) is 10.1 Å². The molecule has 1 aliphatic rings. The van der Waals surface area contributed by atoms with E-state index in [9.17, 15) is 4.79 Å². The lowest BCUT2D eigenvalue weighted by Gasteiger charge is -2.18. The maximum atomic E-state index is 11.5. The van der Waals surface area contributed by atoms with Crippen LogP contribution in [0.4, 0.5) is 5.69 Å². The summed E-state index contributed by atoms with van der Waals surface area (Å²) in [6, 6.07) is 12.0. The van der Waals surface area contributed by atoms with Crippen LogP contribution in [-0.2, 0) is 11.4 Å². The van der Waals surface area contributed by atoms with Gasteiger partial charge in [0, 0.05) is 30.4 Å². The number of carbonyl (C=O) groups excluding carboxylic acids is 1. The Labute approximate surface area is 192 Å². The number of hydrogen-bond acceptors (Lipinski definition) is 4. The van der Waals surface area contributed by atoms with Crippen LogP contribution in [0.1, 0.15) is 74.1 Å². The molecule has 0 amide bonds. The second-order valence-corrected chi connectivity index (χ2v) is 8.76. The molecule has 2 aromatic rings. The number of Topliss-reactive ketones (excluding diaryl/α,β-unsaturated/α-hetero) is 1. The molecule has 1 aliphatic carbocycles. The lowest BCUT2D eigenvalue weighted by atomic mass is 9.94. The molecule has 1 saturated carbocycles. The maximum absolute atomic E-state index is 11.5. The van der Waals surface area contributed by atoms with Crippen molar-refractivity contribution in [2.24, 2.45) is 5.92 Å². The Morgan fingerprint density at radius 1 is 1.25 bits per heavy atom. The van der Waals surface area contributed by atoms with E-state index in [-0.39, 0.29) is 11.7 Å². The van der Waals surface area contributed by atoms with Crippen LogP contribution in [0, 0.1) is 30.1 Å². The molecule has 0 heterocycles. The standard InChI is InChI=1S/C28H34N2O2/c1-4-7-25(15-21(3)31)24-10-12-27(13-11-24)32-19-23-14-20(2)28(26(16-23)17-29)30-18-22-8-5-6-9-22/h10-14,16-17,22,25,29-30H,5-6,8-9,15,18-19H2,1-3H3. The molecule has 4 nitrogen and oxygen atoms in total. The summed E-state index contributed by atoms with van der Waals surface area (Å²) in [5.41, 5.74) is 5.18. The minimum Gasteiger partial charge on any atom is -0.489 e. The van der Waals surface area contributed by atoms with Crippen molar-refractivity contribution in [2.75, 3.05) is 11.9 Å². The van der Waals surface area contributed by atoms with Gasteiger partial charge in [-0.1, -0.05) is 37.0 Å². The lowest BCUT2D eigenvalue weighted by Crippen LogP contribution is -2.13. The van der Waals surface area contributed by atoms with Gasteiger partial charge in [0.1, 0.15) is 18.1 Å². The largest absolute Gasteiger partial charge is 0.489 e. The van der Waals surface area contributed by atoms with Crippen LogP contribution in [-0.4, -0.2) is 18.5 Å². The third-order valence-electron chi connectivity index (χ3n) is 6.12. The molecule has 1 unspecified atom stereocenters. The quantitative estimate of drug-likeness (QED) is 0.345. The van der Waals surface area contributed by atoms with E-state index in [1.807, 2.05) is 30.3 Å². The van der Waals surface area contributed by atoms with Crippen LogP contribution in [0.25, 0.3) is 0 Å². The molecule has 0 saturated heterocycles. The van der Waals surface area contributed by atoms with Crippen molar-refractivity contribution in [3.63, 3.8) is 0 Å². The molecule has 0 aromatic heterocycles. The van der Waals surface area contributed by atoms with E-state index in [2.05, 4.69) is 30.1 Å². The average molecular weight is 431 g/mol. The fourth-order valence-electron chi connectivity index (χ4n) is 4.47. The molecule has 0 radical (unpaired) electrons. The first-order chi connectivity index (χ1) is 15.5. The first-order valence-corrected chi connectivity index (χ1v) is 11.5. The zero-order valence-electron chi connectivity index (χ0n) is 19.5. The van der Waals surface area contributed by atoms with E-state index in [0.29, 0.717) is 13.0 Å². The molecular formula is C28H34N2O2. The number of ketones is 1. The smallest absolute Gasteiger partial charge is 0.131 e. The number of carbonyl (C=O) groups is 1. The summed E-state index contributed by atoms with van der Waals surface area (Å²) in [5, 5.41) is 11.5. The van der Waals surface area contributed by atoms with Gasteiger partial charge in [0.05, 0.1) is 5.92 Å². The Morgan fingerprint density at radius 2 is 1.97 bits per heavy atom. The number of hydrogen-bond donors (Lipinski definition) is 2. The average Bonchev–Trinajstić information content (AvgIpc) is 3.30. The minimum absolute atomic E-state index is 0.0753. The molecule has 32 heavy (non-hydrogen) atoms. The number of aryl methyl sites for hydroxylation is 1.